The van der Waals surface area contributed by atoms with Gasteiger partial charge in [0.1, 0.15) is 31.0 Å². The predicted octanol–water partition coefficient (Wildman–Crippen LogP) is 1.12. The first-order valence-corrected chi connectivity index (χ1v) is 14.6. The van der Waals surface area contributed by atoms with Gasteiger partial charge in [-0.1, -0.05) is 25.6 Å². The Labute approximate surface area is 222 Å². The number of aliphatic hydroxyl groups is 1. The summed E-state index contributed by atoms with van der Waals surface area (Å²) in [4.78, 5) is 49.7. The Hall–Kier alpha value is -1.87. The third-order valence-electron chi connectivity index (χ3n) is 6.06. The van der Waals surface area contributed by atoms with Crippen LogP contribution in [0.5, 0.6) is 0 Å². The maximum Gasteiger partial charge on any atom is 0.406 e. The van der Waals surface area contributed by atoms with Crippen molar-refractivity contribution >= 4 is 30.6 Å². The molecular weight excluding hydrogens is 548 g/mol. The van der Waals surface area contributed by atoms with E-state index in [1.54, 1.807) is 27.7 Å². The molecule has 3 rings (SSSR count). The predicted molar refractivity (Wildman–Crippen MR) is 134 cm³/mol. The fourth-order valence-electron chi connectivity index (χ4n) is 3.98. The number of alkyl halides is 1. The van der Waals surface area contributed by atoms with Crippen molar-refractivity contribution in [1.82, 2.24) is 14.6 Å². The number of halogens is 1. The van der Waals surface area contributed by atoms with E-state index in [0.717, 1.165) is 28.6 Å². The molecule has 0 spiro atoms. The number of aromatic amines is 1. The van der Waals surface area contributed by atoms with Gasteiger partial charge >= 0.3 is 19.4 Å². The number of hydrogen-bond donors (Lipinski definition) is 3. The van der Waals surface area contributed by atoms with Gasteiger partial charge in [-0.25, -0.2) is 14.4 Å². The van der Waals surface area contributed by atoms with E-state index in [2.05, 4.69) is 5.09 Å². The van der Waals surface area contributed by atoms with Gasteiger partial charge in [0.2, 0.25) is 0 Å². The lowest BCUT2D eigenvalue weighted by Gasteiger charge is -2.28. The number of carbonyl (C=O) groups excluding carboxylic acids is 2. The van der Waals surface area contributed by atoms with E-state index < -0.39 is 73.7 Å². The highest BCUT2D eigenvalue weighted by Crippen LogP contribution is 2.66. The van der Waals surface area contributed by atoms with Crippen LogP contribution in [-0.2, 0) is 32.7 Å². The van der Waals surface area contributed by atoms with Gasteiger partial charge in [0.25, 0.3) is 5.56 Å². The zero-order valence-electron chi connectivity index (χ0n) is 21.6. The lowest BCUT2D eigenvalue weighted by Crippen LogP contribution is -2.41. The Balaban J connectivity index is 1.75. The highest BCUT2D eigenvalue weighted by atomic mass is 32.2. The molecule has 1 aromatic rings. The third kappa shape index (κ3) is 6.46. The number of aromatic nitrogens is 2. The molecule has 13 nitrogen and oxygen atoms in total. The van der Waals surface area contributed by atoms with Crippen LogP contribution in [0.4, 0.5) is 4.39 Å². The topological polar surface area (TPSA) is 175 Å². The van der Waals surface area contributed by atoms with E-state index in [1.807, 2.05) is 4.98 Å². The standard InChI is InChI=1S/C22H33FN3O10PS/c1-11(2)20(30)38-9-8-33-37(32,25-13(5)19(29)34-12(3)4)36-17-16-22(17,10-23)15(28)18(35-16)26-7-6-14(27)24-21(26)31/h6-7,11-13,15-18,28H,8-10H2,1-5H3,(H,25,32)(H,24,27,31)/t13-,15-,16+,17?,18+,22+,37-/m0/s1. The summed E-state index contributed by atoms with van der Waals surface area (Å²) in [6, 6.07) is -0.102. The average Bonchev–Trinajstić information content (AvgIpc) is 3.32. The van der Waals surface area contributed by atoms with Gasteiger partial charge in [0, 0.05) is 23.9 Å². The second kappa shape index (κ2) is 12.1. The van der Waals surface area contributed by atoms with Crippen molar-refractivity contribution in [1.29, 1.82) is 0 Å². The van der Waals surface area contributed by atoms with Gasteiger partial charge in [-0.15, -0.1) is 0 Å². The second-order valence-electron chi connectivity index (χ2n) is 9.67. The first kappa shape index (κ1) is 30.7. The van der Waals surface area contributed by atoms with Crippen molar-refractivity contribution in [3.05, 3.63) is 33.1 Å². The first-order valence-electron chi connectivity index (χ1n) is 12.0. The molecule has 1 aliphatic carbocycles. The second-order valence-corrected chi connectivity index (χ2v) is 12.5. The van der Waals surface area contributed by atoms with Crippen molar-refractivity contribution in [3.8, 4) is 0 Å². The summed E-state index contributed by atoms with van der Waals surface area (Å²) in [6.45, 7) is 6.76. The van der Waals surface area contributed by atoms with Gasteiger partial charge in [-0.3, -0.25) is 37.4 Å². The fourth-order valence-corrected chi connectivity index (χ4v) is 6.52. The Bertz CT molecular complexity index is 1190. The van der Waals surface area contributed by atoms with Crippen molar-refractivity contribution in [2.75, 3.05) is 19.0 Å². The van der Waals surface area contributed by atoms with Gasteiger partial charge in [-0.2, -0.15) is 0 Å². The molecule has 1 saturated carbocycles. The van der Waals surface area contributed by atoms with Crippen molar-refractivity contribution in [3.63, 3.8) is 0 Å². The van der Waals surface area contributed by atoms with Gasteiger partial charge in [-0.05, 0) is 20.8 Å². The van der Waals surface area contributed by atoms with Crippen LogP contribution in [0.2, 0.25) is 0 Å². The van der Waals surface area contributed by atoms with Crippen LogP contribution in [0.1, 0.15) is 40.8 Å². The van der Waals surface area contributed by atoms with Gasteiger partial charge in [0.15, 0.2) is 11.3 Å². The highest BCUT2D eigenvalue weighted by molar-refractivity contribution is 8.13. The molecule has 1 unspecified atom stereocenters. The van der Waals surface area contributed by atoms with Crippen LogP contribution in [-0.4, -0.2) is 75.2 Å². The van der Waals surface area contributed by atoms with E-state index in [4.69, 9.17) is 18.5 Å². The number of nitrogens with zero attached hydrogens (tertiary/aromatic N) is 1. The van der Waals surface area contributed by atoms with Crippen LogP contribution in [0.15, 0.2) is 21.9 Å². The van der Waals surface area contributed by atoms with Crippen LogP contribution in [0.3, 0.4) is 0 Å². The SMILES string of the molecule is CC(C)OC(=O)[C@H](C)N[P@](=O)(OCCSC(=O)C(C)C)OC1[C@H]2O[C@@H](n3ccc(=O)[nH]c3=O)[C@H](O)[C@@]12CF. The number of esters is 1. The summed E-state index contributed by atoms with van der Waals surface area (Å²) in [6.07, 6.45) is -4.64. The Morgan fingerprint density at radius 1 is 1.32 bits per heavy atom. The normalized spacial score (nSPS) is 28.7. The van der Waals surface area contributed by atoms with Crippen molar-refractivity contribution in [2.45, 2.75) is 71.3 Å². The summed E-state index contributed by atoms with van der Waals surface area (Å²) < 4.78 is 50.8. The average molecular weight is 582 g/mol. The molecule has 38 heavy (non-hydrogen) atoms. The van der Waals surface area contributed by atoms with Gasteiger partial charge in [0.05, 0.1) is 18.1 Å². The molecule has 16 heteroatoms. The first-order chi connectivity index (χ1) is 17.8. The summed E-state index contributed by atoms with van der Waals surface area (Å²) >= 11 is 0.972. The van der Waals surface area contributed by atoms with E-state index >= 15 is 0 Å². The molecule has 0 bridgehead atoms. The smallest absolute Gasteiger partial charge is 0.406 e. The number of ether oxygens (including phenoxy) is 2. The molecule has 0 radical (unpaired) electrons. The Morgan fingerprint density at radius 2 is 2.00 bits per heavy atom. The molecule has 1 aromatic heterocycles. The Kier molecular flexibility index (Phi) is 9.77. The highest BCUT2D eigenvalue weighted by Gasteiger charge is 2.79. The molecule has 2 aliphatic rings. The maximum atomic E-state index is 14.3. The number of hydrogen-bond acceptors (Lipinski definition) is 11. The minimum atomic E-state index is -4.34. The monoisotopic (exact) mass is 581 g/mol. The zero-order chi connectivity index (χ0) is 28.4. The lowest BCUT2D eigenvalue weighted by molar-refractivity contribution is -0.149. The summed E-state index contributed by atoms with van der Waals surface area (Å²) in [5.41, 5.74) is -3.20. The van der Waals surface area contributed by atoms with E-state index in [0.29, 0.717) is 0 Å². The number of aliphatic hydroxyl groups excluding tert-OH is 1. The maximum absolute atomic E-state index is 14.3. The van der Waals surface area contributed by atoms with Crippen molar-refractivity contribution < 1.29 is 42.2 Å². The van der Waals surface area contributed by atoms with Crippen molar-refractivity contribution in [2.24, 2.45) is 11.3 Å². The fraction of sp³-hybridized carbons (Fsp3) is 0.727. The van der Waals surface area contributed by atoms with Crippen LogP contribution < -0.4 is 16.3 Å². The molecular formula is C22H33FN3O10PS. The van der Waals surface area contributed by atoms with Crippen LogP contribution in [0.25, 0.3) is 0 Å². The molecule has 3 N–H and O–H groups in total. The molecule has 214 valence electrons. The molecule has 2 fully saturated rings. The number of nitrogens with one attached hydrogen (secondary N) is 2. The molecule has 7 atom stereocenters. The van der Waals surface area contributed by atoms with Crippen LogP contribution >= 0.6 is 19.5 Å². The minimum absolute atomic E-state index is 0.0978. The number of H-pyrrole nitrogens is 1. The largest absolute Gasteiger partial charge is 0.462 e. The molecule has 1 saturated heterocycles. The quantitative estimate of drug-likeness (QED) is 0.172. The number of fused-ring (bicyclic) bond motifs is 1. The molecule has 0 aromatic carbocycles. The van der Waals surface area contributed by atoms with Gasteiger partial charge < -0.3 is 14.6 Å². The number of rotatable bonds is 13. The molecule has 1 aliphatic heterocycles. The zero-order valence-corrected chi connectivity index (χ0v) is 23.3. The Morgan fingerprint density at radius 3 is 2.55 bits per heavy atom. The molecule has 2 heterocycles. The third-order valence-corrected chi connectivity index (χ3v) is 8.92. The lowest BCUT2D eigenvalue weighted by atomic mass is 10.0. The van der Waals surface area contributed by atoms with E-state index in [-0.39, 0.29) is 23.4 Å². The van der Waals surface area contributed by atoms with E-state index in [9.17, 15) is 33.2 Å². The number of carbonyl (C=O) groups is 2. The summed E-state index contributed by atoms with van der Waals surface area (Å²) in [7, 11) is -4.34. The number of thioether (sulfide) groups is 1. The molecule has 0 amide bonds. The summed E-state index contributed by atoms with van der Waals surface area (Å²) in [5, 5.41) is 13.3. The summed E-state index contributed by atoms with van der Waals surface area (Å²) in [5.74, 6) is -0.819. The minimum Gasteiger partial charge on any atom is -0.462 e. The van der Waals surface area contributed by atoms with Crippen LogP contribution in [0, 0.1) is 11.3 Å². The van der Waals surface area contributed by atoms with E-state index in [1.165, 1.54) is 6.92 Å².